The maximum Gasteiger partial charge on any atom is 0.404 e. The van der Waals surface area contributed by atoms with Crippen molar-refractivity contribution < 1.29 is 64.6 Å². The van der Waals surface area contributed by atoms with E-state index in [1.54, 1.807) is 0 Å². The predicted molar refractivity (Wildman–Crippen MR) is 101 cm³/mol. The van der Waals surface area contributed by atoms with Crippen LogP contribution in [0.2, 0.25) is 0 Å². The first-order chi connectivity index (χ1) is 15.0. The summed E-state index contributed by atoms with van der Waals surface area (Å²) in [7, 11) is 0. The van der Waals surface area contributed by atoms with Gasteiger partial charge in [0.1, 0.15) is 60.5 Å². The smallest absolute Gasteiger partial charge is 0.404 e. The van der Waals surface area contributed by atoms with Crippen molar-refractivity contribution in [1.82, 2.24) is 0 Å². The van der Waals surface area contributed by atoms with E-state index >= 15 is 0 Å². The molecule has 15 nitrogen and oxygen atoms in total. The second kappa shape index (κ2) is 11.3. The first-order valence-corrected chi connectivity index (χ1v) is 9.92. The van der Waals surface area contributed by atoms with Gasteiger partial charge in [0, 0.05) is 6.54 Å². The molecule has 0 saturated carbocycles. The summed E-state index contributed by atoms with van der Waals surface area (Å²) < 4.78 is 20.9. The average Bonchev–Trinajstić information content (AvgIpc) is 2.75. The molecule has 0 aromatic rings. The molecule has 2 saturated heterocycles. The number of hydrogen-bond donors (Lipinski definition) is 10. The molecule has 1 amide bonds. The van der Waals surface area contributed by atoms with Crippen LogP contribution in [0.4, 0.5) is 4.79 Å². The van der Waals surface area contributed by atoms with Crippen LogP contribution < -0.4 is 11.5 Å². The Kier molecular flexibility index (Phi) is 9.53. The number of hydrogen-bond acceptors (Lipinski definition) is 14. The molecule has 0 aliphatic carbocycles. The Balaban J connectivity index is 2.47. The lowest BCUT2D eigenvalue weighted by atomic mass is 9.77. The van der Waals surface area contributed by atoms with Gasteiger partial charge in [-0.05, 0) is 0 Å². The second-order valence-electron chi connectivity index (χ2n) is 7.74. The SMILES string of the molecule is NCCOCC(O)(C1O[C@@H](CO)[C@@H](O)[C@H](O)[C@@H]1O)[C@H]1O[C@H](CO)[C@@H](O)[C@H](OC(N)=O)[C@@H]1O. The van der Waals surface area contributed by atoms with Gasteiger partial charge in [-0.1, -0.05) is 0 Å². The van der Waals surface area contributed by atoms with Gasteiger partial charge in [-0.25, -0.2) is 4.79 Å². The molecule has 12 N–H and O–H groups in total. The number of aliphatic hydroxyl groups excluding tert-OH is 7. The molecule has 2 aliphatic heterocycles. The van der Waals surface area contributed by atoms with Gasteiger partial charge in [-0.3, -0.25) is 0 Å². The standard InChI is InChI=1S/C17H32N2O13/c18-1-2-29-5-17(28,14-11(25)10(24)8(22)6(3-20)30-14)15-12(26)13(32-16(19)27)9(23)7(4-21)31-15/h6-15,20-26,28H,1-5,18H2,(H2,19,27)/t6-,7+,8+,9+,10-,11-,12-,13-,14?,15-,17?/m0/s1. The lowest BCUT2D eigenvalue weighted by Gasteiger charge is -2.53. The summed E-state index contributed by atoms with van der Waals surface area (Å²) in [5.41, 5.74) is 7.81. The Morgan fingerprint density at radius 2 is 1.41 bits per heavy atom. The van der Waals surface area contributed by atoms with E-state index in [0.29, 0.717) is 0 Å². The first kappa shape index (κ1) is 27.0. The summed E-state index contributed by atoms with van der Waals surface area (Å²) in [6.45, 7) is -2.45. The number of carbonyl (C=O) groups excluding carboxylic acids is 1. The van der Waals surface area contributed by atoms with E-state index in [0.717, 1.165) is 0 Å². The molecule has 0 aromatic carbocycles. The minimum absolute atomic E-state index is 0.0181. The van der Waals surface area contributed by atoms with Crippen LogP contribution in [0, 0.1) is 0 Å². The van der Waals surface area contributed by atoms with Crippen molar-refractivity contribution in [2.75, 3.05) is 33.0 Å². The minimum atomic E-state index is -2.55. The predicted octanol–water partition coefficient (Wildman–Crippen LogP) is -6.52. The van der Waals surface area contributed by atoms with Gasteiger partial charge in [0.25, 0.3) is 0 Å². The first-order valence-electron chi connectivity index (χ1n) is 9.92. The normalized spacial score (nSPS) is 42.3. The summed E-state index contributed by atoms with van der Waals surface area (Å²) in [6.07, 6.45) is -19.1. The van der Waals surface area contributed by atoms with E-state index in [4.69, 9.17) is 30.4 Å². The lowest BCUT2D eigenvalue weighted by Crippen LogP contribution is -2.75. The number of ether oxygens (including phenoxy) is 4. The van der Waals surface area contributed by atoms with E-state index in [1.165, 1.54) is 0 Å². The van der Waals surface area contributed by atoms with Crippen LogP contribution in [-0.2, 0) is 18.9 Å². The third kappa shape index (κ3) is 5.30. The van der Waals surface area contributed by atoms with Gasteiger partial charge >= 0.3 is 6.09 Å². The summed E-state index contributed by atoms with van der Waals surface area (Å²) in [4.78, 5) is 11.3. The highest BCUT2D eigenvalue weighted by atomic mass is 16.6. The number of aliphatic hydroxyl groups is 8. The van der Waals surface area contributed by atoms with Crippen LogP contribution in [0.1, 0.15) is 0 Å². The Labute approximate surface area is 182 Å². The number of carbonyl (C=O) groups is 1. The van der Waals surface area contributed by atoms with Gasteiger partial charge in [0.05, 0.1) is 26.4 Å². The Morgan fingerprint density at radius 3 is 1.91 bits per heavy atom. The van der Waals surface area contributed by atoms with Gasteiger partial charge in [0.15, 0.2) is 6.10 Å². The number of rotatable bonds is 9. The molecule has 2 rings (SSSR count). The van der Waals surface area contributed by atoms with Crippen LogP contribution in [0.5, 0.6) is 0 Å². The van der Waals surface area contributed by atoms with Crippen LogP contribution in [-0.4, -0.2) is 147 Å². The minimum Gasteiger partial charge on any atom is -0.441 e. The molecule has 2 heterocycles. The molecule has 0 spiro atoms. The van der Waals surface area contributed by atoms with E-state index in [2.05, 4.69) is 0 Å². The zero-order chi connectivity index (χ0) is 24.2. The van der Waals surface area contributed by atoms with Gasteiger partial charge in [-0.15, -0.1) is 0 Å². The van der Waals surface area contributed by atoms with Crippen LogP contribution in [0.25, 0.3) is 0 Å². The molecule has 2 aliphatic rings. The second-order valence-corrected chi connectivity index (χ2v) is 7.74. The largest absolute Gasteiger partial charge is 0.441 e. The fraction of sp³-hybridized carbons (Fsp3) is 0.941. The van der Waals surface area contributed by atoms with Crippen molar-refractivity contribution in [3.05, 3.63) is 0 Å². The highest BCUT2D eigenvalue weighted by Crippen LogP contribution is 2.37. The summed E-state index contributed by atoms with van der Waals surface area (Å²) in [5.74, 6) is 0. The van der Waals surface area contributed by atoms with E-state index in [9.17, 15) is 45.6 Å². The van der Waals surface area contributed by atoms with Crippen LogP contribution >= 0.6 is 0 Å². The van der Waals surface area contributed by atoms with Crippen molar-refractivity contribution in [1.29, 1.82) is 0 Å². The molecular weight excluding hydrogens is 440 g/mol. The fourth-order valence-corrected chi connectivity index (χ4v) is 3.93. The summed E-state index contributed by atoms with van der Waals surface area (Å²) >= 11 is 0. The molecule has 0 radical (unpaired) electrons. The molecule has 11 atom stereocenters. The van der Waals surface area contributed by atoms with Crippen molar-refractivity contribution >= 4 is 6.09 Å². The van der Waals surface area contributed by atoms with Gasteiger partial charge < -0.3 is 71.3 Å². The molecular formula is C17H32N2O13. The Hall–Kier alpha value is -1.21. The van der Waals surface area contributed by atoms with Gasteiger partial charge in [-0.2, -0.15) is 0 Å². The highest BCUT2D eigenvalue weighted by Gasteiger charge is 2.61. The van der Waals surface area contributed by atoms with Gasteiger partial charge in [0.2, 0.25) is 0 Å². The molecule has 0 aromatic heterocycles. The Morgan fingerprint density at radius 1 is 0.875 bits per heavy atom. The summed E-state index contributed by atoms with van der Waals surface area (Å²) in [6, 6.07) is 0. The van der Waals surface area contributed by atoms with E-state index < -0.39 is 92.6 Å². The molecule has 15 heteroatoms. The number of primary amides is 1. The van der Waals surface area contributed by atoms with Crippen molar-refractivity contribution in [2.24, 2.45) is 11.5 Å². The van der Waals surface area contributed by atoms with Crippen molar-refractivity contribution in [2.45, 2.75) is 66.6 Å². The third-order valence-electron chi connectivity index (χ3n) is 5.59. The topological polar surface area (TPSA) is 268 Å². The zero-order valence-electron chi connectivity index (χ0n) is 17.1. The molecule has 32 heavy (non-hydrogen) atoms. The molecule has 0 bridgehead atoms. The van der Waals surface area contributed by atoms with Crippen LogP contribution in [0.15, 0.2) is 0 Å². The van der Waals surface area contributed by atoms with E-state index in [-0.39, 0.29) is 13.2 Å². The molecule has 188 valence electrons. The summed E-state index contributed by atoms with van der Waals surface area (Å²) in [5, 5.41) is 82.3. The lowest BCUT2D eigenvalue weighted by molar-refractivity contribution is -0.330. The quantitative estimate of drug-likeness (QED) is 0.140. The molecule has 2 unspecified atom stereocenters. The van der Waals surface area contributed by atoms with E-state index in [1.807, 2.05) is 0 Å². The maximum absolute atomic E-state index is 11.6. The highest BCUT2D eigenvalue weighted by molar-refractivity contribution is 5.65. The molecule has 2 fully saturated rings. The maximum atomic E-state index is 11.6. The number of amides is 1. The van der Waals surface area contributed by atoms with Crippen molar-refractivity contribution in [3.8, 4) is 0 Å². The van der Waals surface area contributed by atoms with Crippen LogP contribution in [0.3, 0.4) is 0 Å². The van der Waals surface area contributed by atoms with Crippen molar-refractivity contribution in [3.63, 3.8) is 0 Å². The zero-order valence-corrected chi connectivity index (χ0v) is 17.1. The number of nitrogens with two attached hydrogens (primary N) is 2. The average molecular weight is 472 g/mol. The Bertz CT molecular complexity index is 613. The fourth-order valence-electron chi connectivity index (χ4n) is 3.93. The monoisotopic (exact) mass is 472 g/mol. The third-order valence-corrected chi connectivity index (χ3v) is 5.59.